The second kappa shape index (κ2) is 6.70. The van der Waals surface area contributed by atoms with Crippen LogP contribution in [0.3, 0.4) is 0 Å². The third-order valence-electron chi connectivity index (χ3n) is 3.01. The number of aromatic nitrogens is 2. The number of thiophene rings is 1. The molecule has 0 aliphatic carbocycles. The van der Waals surface area contributed by atoms with Crippen LogP contribution in [0, 0.1) is 6.92 Å². The van der Waals surface area contributed by atoms with Crippen LogP contribution < -0.4 is 10.6 Å². The first-order valence-electron chi connectivity index (χ1n) is 7.03. The summed E-state index contributed by atoms with van der Waals surface area (Å²) < 4.78 is 0. The van der Waals surface area contributed by atoms with Crippen molar-refractivity contribution < 1.29 is 0 Å². The Bertz CT molecular complexity index is 549. The lowest BCUT2D eigenvalue weighted by molar-refractivity contribution is 0.773. The normalized spacial score (nSPS) is 10.8. The van der Waals surface area contributed by atoms with Crippen LogP contribution in [0.1, 0.15) is 44.5 Å². The molecule has 0 unspecified atom stereocenters. The van der Waals surface area contributed by atoms with Crippen LogP contribution in [0.5, 0.6) is 0 Å². The monoisotopic (exact) mass is 290 g/mol. The SMILES string of the molecule is CCCNc1nc(C(C)C)nc(Nc2ccsc2)c1C. The summed E-state index contributed by atoms with van der Waals surface area (Å²) in [6, 6.07) is 2.06. The molecule has 0 aliphatic heterocycles. The Morgan fingerprint density at radius 2 is 2.00 bits per heavy atom. The summed E-state index contributed by atoms with van der Waals surface area (Å²) in [6.07, 6.45) is 1.08. The van der Waals surface area contributed by atoms with Gasteiger partial charge in [-0.15, -0.1) is 0 Å². The highest BCUT2D eigenvalue weighted by Crippen LogP contribution is 2.26. The highest BCUT2D eigenvalue weighted by Gasteiger charge is 2.13. The fraction of sp³-hybridized carbons (Fsp3) is 0.467. The van der Waals surface area contributed by atoms with Gasteiger partial charge in [0.05, 0.1) is 5.69 Å². The zero-order chi connectivity index (χ0) is 14.5. The van der Waals surface area contributed by atoms with E-state index in [0.29, 0.717) is 5.92 Å². The summed E-state index contributed by atoms with van der Waals surface area (Å²) in [5.74, 6) is 3.00. The minimum Gasteiger partial charge on any atom is -0.370 e. The largest absolute Gasteiger partial charge is 0.370 e. The maximum atomic E-state index is 4.66. The number of rotatable bonds is 6. The van der Waals surface area contributed by atoms with E-state index in [1.54, 1.807) is 11.3 Å². The van der Waals surface area contributed by atoms with Crippen LogP contribution in [-0.4, -0.2) is 16.5 Å². The van der Waals surface area contributed by atoms with Crippen molar-refractivity contribution in [3.63, 3.8) is 0 Å². The first-order chi connectivity index (χ1) is 9.61. The predicted octanol–water partition coefficient (Wildman–Crippen LogP) is 4.54. The summed E-state index contributed by atoms with van der Waals surface area (Å²) >= 11 is 1.67. The summed E-state index contributed by atoms with van der Waals surface area (Å²) in [6.45, 7) is 9.35. The van der Waals surface area contributed by atoms with E-state index in [4.69, 9.17) is 0 Å². The number of nitrogens with zero attached hydrogens (tertiary/aromatic N) is 2. The topological polar surface area (TPSA) is 49.8 Å². The van der Waals surface area contributed by atoms with Crippen molar-refractivity contribution in [2.45, 2.75) is 40.0 Å². The third-order valence-corrected chi connectivity index (χ3v) is 3.69. The van der Waals surface area contributed by atoms with Gasteiger partial charge >= 0.3 is 0 Å². The minimum atomic E-state index is 0.306. The van der Waals surface area contributed by atoms with Gasteiger partial charge in [-0.1, -0.05) is 20.8 Å². The molecule has 0 bridgehead atoms. The molecule has 0 saturated carbocycles. The third kappa shape index (κ3) is 3.48. The zero-order valence-electron chi connectivity index (χ0n) is 12.5. The molecule has 0 amide bonds. The van der Waals surface area contributed by atoms with Gasteiger partial charge in [0.25, 0.3) is 0 Å². The second-order valence-electron chi connectivity index (χ2n) is 5.12. The van der Waals surface area contributed by atoms with Gasteiger partial charge in [0.15, 0.2) is 0 Å². The lowest BCUT2D eigenvalue weighted by Gasteiger charge is -2.15. The Morgan fingerprint density at radius 1 is 1.25 bits per heavy atom. The van der Waals surface area contributed by atoms with Crippen LogP contribution in [0.4, 0.5) is 17.3 Å². The Kier molecular flexibility index (Phi) is 4.95. The fourth-order valence-electron chi connectivity index (χ4n) is 1.80. The average molecular weight is 290 g/mol. The smallest absolute Gasteiger partial charge is 0.139 e. The van der Waals surface area contributed by atoms with E-state index in [1.807, 2.05) is 0 Å². The van der Waals surface area contributed by atoms with Gasteiger partial charge in [0.1, 0.15) is 17.5 Å². The second-order valence-corrected chi connectivity index (χ2v) is 5.90. The first-order valence-corrected chi connectivity index (χ1v) is 7.97. The zero-order valence-corrected chi connectivity index (χ0v) is 13.3. The van der Waals surface area contributed by atoms with Crippen molar-refractivity contribution >= 4 is 28.7 Å². The molecule has 2 heterocycles. The van der Waals surface area contributed by atoms with Gasteiger partial charge in [0, 0.05) is 23.4 Å². The number of hydrogen-bond donors (Lipinski definition) is 2. The minimum absolute atomic E-state index is 0.306. The quantitative estimate of drug-likeness (QED) is 0.820. The molecule has 0 radical (unpaired) electrons. The lowest BCUT2D eigenvalue weighted by Crippen LogP contribution is -2.10. The van der Waals surface area contributed by atoms with Crippen LogP contribution in [-0.2, 0) is 0 Å². The van der Waals surface area contributed by atoms with Gasteiger partial charge in [0.2, 0.25) is 0 Å². The Hall–Kier alpha value is -1.62. The van der Waals surface area contributed by atoms with Crippen LogP contribution >= 0.6 is 11.3 Å². The molecule has 0 aromatic carbocycles. The molecule has 2 N–H and O–H groups in total. The lowest BCUT2D eigenvalue weighted by atomic mass is 10.2. The Balaban J connectivity index is 2.35. The molecule has 0 fully saturated rings. The van der Waals surface area contributed by atoms with Crippen LogP contribution in [0.25, 0.3) is 0 Å². The van der Waals surface area contributed by atoms with Crippen molar-refractivity contribution in [3.05, 3.63) is 28.2 Å². The summed E-state index contributed by atoms with van der Waals surface area (Å²) in [4.78, 5) is 9.30. The molecule has 0 atom stereocenters. The van der Waals surface area contributed by atoms with E-state index < -0.39 is 0 Å². The molecule has 0 saturated heterocycles. The molecule has 108 valence electrons. The fourth-order valence-corrected chi connectivity index (χ4v) is 2.39. The summed E-state index contributed by atoms with van der Waals surface area (Å²) in [5, 5.41) is 10.9. The van der Waals surface area contributed by atoms with E-state index in [9.17, 15) is 0 Å². The van der Waals surface area contributed by atoms with E-state index in [2.05, 4.69) is 65.1 Å². The molecule has 20 heavy (non-hydrogen) atoms. The number of anilines is 3. The van der Waals surface area contributed by atoms with Gasteiger partial charge in [-0.05, 0) is 24.8 Å². The molecule has 2 aromatic heterocycles. The molecule has 5 heteroatoms. The molecular weight excluding hydrogens is 268 g/mol. The molecule has 2 rings (SSSR count). The molecule has 4 nitrogen and oxygen atoms in total. The van der Waals surface area contributed by atoms with Crippen molar-refractivity contribution in [1.82, 2.24) is 9.97 Å². The highest BCUT2D eigenvalue weighted by atomic mass is 32.1. The maximum absolute atomic E-state index is 4.66. The Labute approximate surface area is 124 Å². The van der Waals surface area contributed by atoms with Crippen molar-refractivity contribution in [2.75, 3.05) is 17.2 Å². The standard InChI is InChI=1S/C15H22N4S/c1-5-7-16-14-11(4)15(17-12-6-8-20-9-12)19-13(18-14)10(2)3/h6,8-10H,5,7H2,1-4H3,(H2,16,17,18,19). The predicted molar refractivity (Wildman–Crippen MR) is 87.2 cm³/mol. The Morgan fingerprint density at radius 3 is 2.60 bits per heavy atom. The summed E-state index contributed by atoms with van der Waals surface area (Å²) in [7, 11) is 0. The summed E-state index contributed by atoms with van der Waals surface area (Å²) in [5.41, 5.74) is 2.14. The first kappa shape index (κ1) is 14.8. The van der Waals surface area contributed by atoms with E-state index in [0.717, 1.165) is 41.7 Å². The molecule has 0 spiro atoms. The van der Waals surface area contributed by atoms with Crippen molar-refractivity contribution in [2.24, 2.45) is 0 Å². The molecular formula is C15H22N4S. The number of nitrogens with one attached hydrogen (secondary N) is 2. The molecule has 0 aliphatic rings. The average Bonchev–Trinajstić information content (AvgIpc) is 2.92. The maximum Gasteiger partial charge on any atom is 0.139 e. The highest BCUT2D eigenvalue weighted by molar-refractivity contribution is 7.08. The van der Waals surface area contributed by atoms with Crippen molar-refractivity contribution in [1.29, 1.82) is 0 Å². The van der Waals surface area contributed by atoms with E-state index >= 15 is 0 Å². The van der Waals surface area contributed by atoms with E-state index in [1.165, 1.54) is 0 Å². The van der Waals surface area contributed by atoms with Crippen molar-refractivity contribution in [3.8, 4) is 0 Å². The molecule has 2 aromatic rings. The van der Waals surface area contributed by atoms with E-state index in [-0.39, 0.29) is 0 Å². The van der Waals surface area contributed by atoms with Gasteiger partial charge in [-0.2, -0.15) is 11.3 Å². The van der Waals surface area contributed by atoms with Gasteiger partial charge in [-0.25, -0.2) is 9.97 Å². The number of hydrogen-bond acceptors (Lipinski definition) is 5. The van der Waals surface area contributed by atoms with Gasteiger partial charge in [-0.3, -0.25) is 0 Å². The van der Waals surface area contributed by atoms with Crippen LogP contribution in [0.15, 0.2) is 16.8 Å². The van der Waals surface area contributed by atoms with Gasteiger partial charge < -0.3 is 10.6 Å². The van der Waals surface area contributed by atoms with Crippen LogP contribution in [0.2, 0.25) is 0 Å².